The number of hydrogen-bond donors (Lipinski definition) is 1. The molecule has 7 heteroatoms. The number of carbonyl (C=O) groups excluding carboxylic acids is 1. The Kier molecular flexibility index (Phi) is 4.28. The molecule has 1 aromatic carbocycles. The number of sulfonamides is 1. The average Bonchev–Trinajstić information content (AvgIpc) is 2.27. The maximum Gasteiger partial charge on any atom is 0.339 e. The first-order valence-corrected chi connectivity index (χ1v) is 6.72. The minimum absolute atomic E-state index is 0.0388. The van der Waals surface area contributed by atoms with E-state index < -0.39 is 27.1 Å². The lowest BCUT2D eigenvalue weighted by Gasteiger charge is -2.13. The van der Waals surface area contributed by atoms with Gasteiger partial charge in [0.2, 0.25) is 10.0 Å². The highest BCUT2D eigenvalue weighted by atomic mass is 32.2. The van der Waals surface area contributed by atoms with Gasteiger partial charge in [-0.05, 0) is 32.0 Å². The normalized spacial score (nSPS) is 11.4. The molecule has 100 valence electrons. The smallest absolute Gasteiger partial charge is 0.339 e. The van der Waals surface area contributed by atoms with Crippen LogP contribution in [-0.4, -0.2) is 26.7 Å². The predicted molar refractivity (Wildman–Crippen MR) is 65.4 cm³/mol. The summed E-state index contributed by atoms with van der Waals surface area (Å²) >= 11 is 0. The Hall–Kier alpha value is -1.63. The van der Waals surface area contributed by atoms with Crippen molar-refractivity contribution in [3.8, 4) is 0 Å². The molecule has 0 aliphatic rings. The molecule has 0 amide bonds. The number of esters is 1. The van der Waals surface area contributed by atoms with Crippen molar-refractivity contribution in [3.63, 3.8) is 0 Å². The Labute approximate surface area is 105 Å². The maximum absolute atomic E-state index is 13.1. The standard InChI is InChI=1S/C11H14FNO4S/c1-7(2)18(15,16)13-10-6-8(12)4-5-9(10)11(14)17-3/h4-7,13H,1-3H3. The number of methoxy groups -OCH3 is 1. The number of carbonyl (C=O) groups is 1. The van der Waals surface area contributed by atoms with Gasteiger partial charge in [-0.25, -0.2) is 17.6 Å². The average molecular weight is 275 g/mol. The van der Waals surface area contributed by atoms with Gasteiger partial charge < -0.3 is 4.74 Å². The molecule has 0 aliphatic heterocycles. The second-order valence-electron chi connectivity index (χ2n) is 3.88. The quantitative estimate of drug-likeness (QED) is 0.850. The molecule has 0 unspecified atom stereocenters. The Bertz CT molecular complexity index is 554. The third-order valence-corrected chi connectivity index (χ3v) is 4.01. The fourth-order valence-electron chi connectivity index (χ4n) is 1.16. The molecule has 0 bridgehead atoms. The molecular weight excluding hydrogens is 261 g/mol. The summed E-state index contributed by atoms with van der Waals surface area (Å²) < 4.78 is 43.2. The van der Waals surface area contributed by atoms with Gasteiger partial charge in [0.1, 0.15) is 5.82 Å². The summed E-state index contributed by atoms with van der Waals surface area (Å²) in [6.45, 7) is 2.94. The first-order valence-electron chi connectivity index (χ1n) is 5.17. The summed E-state index contributed by atoms with van der Waals surface area (Å²) in [5, 5.41) is -0.703. The Morgan fingerprint density at radius 1 is 1.39 bits per heavy atom. The third kappa shape index (κ3) is 3.19. The zero-order valence-corrected chi connectivity index (χ0v) is 11.0. The van der Waals surface area contributed by atoms with Crippen molar-refractivity contribution in [1.82, 2.24) is 0 Å². The topological polar surface area (TPSA) is 72.5 Å². The van der Waals surface area contributed by atoms with E-state index in [9.17, 15) is 17.6 Å². The van der Waals surface area contributed by atoms with Gasteiger partial charge >= 0.3 is 5.97 Å². The van der Waals surface area contributed by atoms with E-state index in [2.05, 4.69) is 9.46 Å². The van der Waals surface area contributed by atoms with Crippen LogP contribution in [0.5, 0.6) is 0 Å². The number of ether oxygens (including phenoxy) is 1. The van der Waals surface area contributed by atoms with Crippen molar-refractivity contribution in [2.24, 2.45) is 0 Å². The van der Waals surface area contributed by atoms with Gasteiger partial charge in [-0.15, -0.1) is 0 Å². The molecule has 0 atom stereocenters. The molecule has 0 saturated carbocycles. The number of nitrogens with one attached hydrogen (secondary N) is 1. The Morgan fingerprint density at radius 2 is 2.00 bits per heavy atom. The molecule has 0 fully saturated rings. The SMILES string of the molecule is COC(=O)c1ccc(F)cc1NS(=O)(=O)C(C)C. The number of hydrogen-bond acceptors (Lipinski definition) is 4. The van der Waals surface area contributed by atoms with Crippen LogP contribution in [0.15, 0.2) is 18.2 Å². The molecule has 1 rings (SSSR count). The van der Waals surface area contributed by atoms with Crippen LogP contribution in [0.4, 0.5) is 10.1 Å². The fraction of sp³-hybridized carbons (Fsp3) is 0.364. The lowest BCUT2D eigenvalue weighted by Crippen LogP contribution is -2.24. The van der Waals surface area contributed by atoms with Crippen LogP contribution in [0.2, 0.25) is 0 Å². The fourth-order valence-corrected chi connectivity index (χ4v) is 1.87. The summed E-state index contributed by atoms with van der Waals surface area (Å²) in [6.07, 6.45) is 0. The first kappa shape index (κ1) is 14.4. The molecule has 1 aromatic rings. The molecular formula is C11H14FNO4S. The van der Waals surface area contributed by atoms with E-state index in [1.54, 1.807) is 0 Å². The van der Waals surface area contributed by atoms with Gasteiger partial charge in [-0.3, -0.25) is 4.72 Å². The van der Waals surface area contributed by atoms with Crippen LogP contribution in [-0.2, 0) is 14.8 Å². The molecule has 0 aliphatic carbocycles. The highest BCUT2D eigenvalue weighted by molar-refractivity contribution is 7.93. The van der Waals surface area contributed by atoms with Crippen molar-refractivity contribution in [3.05, 3.63) is 29.6 Å². The zero-order chi connectivity index (χ0) is 13.9. The summed E-state index contributed by atoms with van der Waals surface area (Å²) in [4.78, 5) is 11.4. The van der Waals surface area contributed by atoms with Crippen molar-refractivity contribution in [2.75, 3.05) is 11.8 Å². The predicted octanol–water partition coefficient (Wildman–Crippen LogP) is 1.76. The summed E-state index contributed by atoms with van der Waals surface area (Å²) in [7, 11) is -2.50. The first-order chi connectivity index (χ1) is 8.27. The van der Waals surface area contributed by atoms with Crippen LogP contribution in [0, 0.1) is 5.82 Å². The third-order valence-electron chi connectivity index (χ3n) is 2.26. The Balaban J connectivity index is 3.23. The van der Waals surface area contributed by atoms with Crippen LogP contribution >= 0.6 is 0 Å². The second kappa shape index (κ2) is 5.34. The summed E-state index contributed by atoms with van der Waals surface area (Å²) in [5.74, 6) is -1.39. The molecule has 18 heavy (non-hydrogen) atoms. The highest BCUT2D eigenvalue weighted by Crippen LogP contribution is 2.20. The van der Waals surface area contributed by atoms with Crippen LogP contribution < -0.4 is 4.72 Å². The van der Waals surface area contributed by atoms with E-state index in [1.165, 1.54) is 19.9 Å². The number of benzene rings is 1. The van der Waals surface area contributed by atoms with Crippen molar-refractivity contribution >= 4 is 21.7 Å². The number of rotatable bonds is 4. The molecule has 0 saturated heterocycles. The monoisotopic (exact) mass is 275 g/mol. The molecule has 5 nitrogen and oxygen atoms in total. The maximum atomic E-state index is 13.1. The zero-order valence-electron chi connectivity index (χ0n) is 10.2. The minimum atomic E-state index is -3.66. The van der Waals surface area contributed by atoms with Crippen molar-refractivity contribution in [2.45, 2.75) is 19.1 Å². The van der Waals surface area contributed by atoms with Crippen molar-refractivity contribution in [1.29, 1.82) is 0 Å². The van der Waals surface area contributed by atoms with Crippen LogP contribution in [0.25, 0.3) is 0 Å². The molecule has 0 aromatic heterocycles. The van der Waals surface area contributed by atoms with Crippen LogP contribution in [0.3, 0.4) is 0 Å². The highest BCUT2D eigenvalue weighted by Gasteiger charge is 2.20. The van der Waals surface area contributed by atoms with Crippen LogP contribution in [0.1, 0.15) is 24.2 Å². The van der Waals surface area contributed by atoms with E-state index in [0.29, 0.717) is 0 Å². The van der Waals surface area contributed by atoms with Gasteiger partial charge in [0.05, 0.1) is 23.6 Å². The van der Waals surface area contributed by atoms with Gasteiger partial charge in [-0.1, -0.05) is 0 Å². The molecule has 0 heterocycles. The van der Waals surface area contributed by atoms with E-state index in [-0.39, 0.29) is 11.3 Å². The summed E-state index contributed by atoms with van der Waals surface area (Å²) in [5.41, 5.74) is -0.168. The molecule has 1 N–H and O–H groups in total. The lowest BCUT2D eigenvalue weighted by molar-refractivity contribution is 0.0602. The number of halogens is 1. The Morgan fingerprint density at radius 3 is 2.50 bits per heavy atom. The van der Waals surface area contributed by atoms with E-state index in [4.69, 9.17) is 0 Å². The minimum Gasteiger partial charge on any atom is -0.465 e. The summed E-state index contributed by atoms with van der Waals surface area (Å²) in [6, 6.07) is 3.16. The van der Waals surface area contributed by atoms with E-state index in [0.717, 1.165) is 19.2 Å². The van der Waals surface area contributed by atoms with Gasteiger partial charge in [0.25, 0.3) is 0 Å². The molecule has 0 radical (unpaired) electrons. The number of anilines is 1. The second-order valence-corrected chi connectivity index (χ2v) is 6.11. The van der Waals surface area contributed by atoms with Gasteiger partial charge in [0.15, 0.2) is 0 Å². The lowest BCUT2D eigenvalue weighted by atomic mass is 10.2. The van der Waals surface area contributed by atoms with E-state index >= 15 is 0 Å². The van der Waals surface area contributed by atoms with E-state index in [1.807, 2.05) is 0 Å². The van der Waals surface area contributed by atoms with Gasteiger partial charge in [-0.2, -0.15) is 0 Å². The van der Waals surface area contributed by atoms with Crippen molar-refractivity contribution < 1.29 is 22.3 Å². The molecule has 0 spiro atoms. The van der Waals surface area contributed by atoms with Gasteiger partial charge in [0, 0.05) is 0 Å². The largest absolute Gasteiger partial charge is 0.465 e.